The normalized spacial score (nSPS) is 18.4. The summed E-state index contributed by atoms with van der Waals surface area (Å²) in [6.07, 6.45) is 0. The number of anilines is 1. The molecule has 2 aromatic carbocycles. The third-order valence-corrected chi connectivity index (χ3v) is 5.06. The van der Waals surface area contributed by atoms with Crippen molar-refractivity contribution in [3.05, 3.63) is 52.0 Å². The summed E-state index contributed by atoms with van der Waals surface area (Å²) < 4.78 is 5.55. The van der Waals surface area contributed by atoms with Crippen LogP contribution < -0.4 is 4.90 Å². The SMILES string of the molecule is O=C(S)OC1SC(Cl)=C(Cl)N1c1cccc2ccccc12. The van der Waals surface area contributed by atoms with Crippen LogP contribution in [0.1, 0.15) is 0 Å². The highest BCUT2D eigenvalue weighted by Crippen LogP contribution is 2.47. The number of thioether (sulfide) groups is 1. The summed E-state index contributed by atoms with van der Waals surface area (Å²) in [7, 11) is 0. The van der Waals surface area contributed by atoms with E-state index in [4.69, 9.17) is 27.9 Å². The highest BCUT2D eigenvalue weighted by molar-refractivity contribution is 8.05. The third-order valence-electron chi connectivity index (χ3n) is 3.02. The molecule has 0 aromatic heterocycles. The van der Waals surface area contributed by atoms with Crippen LogP contribution in [0.2, 0.25) is 0 Å². The second-order valence-corrected chi connectivity index (χ2v) is 6.61. The van der Waals surface area contributed by atoms with E-state index in [1.165, 1.54) is 0 Å². The largest absolute Gasteiger partial charge is 0.423 e. The van der Waals surface area contributed by atoms with Gasteiger partial charge in [-0.25, -0.2) is 4.79 Å². The number of benzene rings is 2. The second-order valence-electron chi connectivity index (χ2n) is 4.24. The molecule has 0 radical (unpaired) electrons. The lowest BCUT2D eigenvalue weighted by molar-refractivity contribution is 0.166. The zero-order valence-electron chi connectivity index (χ0n) is 10.5. The van der Waals surface area contributed by atoms with E-state index >= 15 is 0 Å². The molecule has 0 fully saturated rings. The minimum Gasteiger partial charge on any atom is -0.423 e. The molecule has 1 aliphatic rings. The van der Waals surface area contributed by atoms with E-state index in [9.17, 15) is 4.79 Å². The Morgan fingerprint density at radius 1 is 1.19 bits per heavy atom. The molecule has 0 N–H and O–H groups in total. The molecule has 0 aliphatic carbocycles. The van der Waals surface area contributed by atoms with E-state index in [1.54, 1.807) is 4.90 Å². The molecule has 0 saturated carbocycles. The summed E-state index contributed by atoms with van der Waals surface area (Å²) in [5, 5.41) is 1.69. The first-order chi connectivity index (χ1) is 10.1. The molecule has 7 heteroatoms. The number of fused-ring (bicyclic) bond motifs is 1. The van der Waals surface area contributed by atoms with Crippen LogP contribution in [-0.4, -0.2) is 10.9 Å². The maximum absolute atomic E-state index is 11.2. The molecule has 0 bridgehead atoms. The van der Waals surface area contributed by atoms with Crippen molar-refractivity contribution in [2.75, 3.05) is 4.90 Å². The third kappa shape index (κ3) is 2.83. The molecule has 0 amide bonds. The van der Waals surface area contributed by atoms with E-state index in [-0.39, 0.29) is 0 Å². The van der Waals surface area contributed by atoms with Gasteiger partial charge >= 0.3 is 5.30 Å². The molecule has 108 valence electrons. The summed E-state index contributed by atoms with van der Waals surface area (Å²) in [5.41, 5.74) is 0.154. The molecule has 1 heterocycles. The van der Waals surface area contributed by atoms with Crippen LogP contribution in [0.25, 0.3) is 10.8 Å². The number of nitrogens with zero attached hydrogens (tertiary/aromatic N) is 1. The van der Waals surface area contributed by atoms with E-state index in [1.807, 2.05) is 42.5 Å². The number of hydrogen-bond acceptors (Lipinski definition) is 4. The highest BCUT2D eigenvalue weighted by atomic mass is 35.5. The lowest BCUT2D eigenvalue weighted by Gasteiger charge is -2.26. The monoisotopic (exact) mass is 357 g/mol. The van der Waals surface area contributed by atoms with Crippen molar-refractivity contribution in [1.29, 1.82) is 0 Å². The van der Waals surface area contributed by atoms with E-state index in [0.717, 1.165) is 28.2 Å². The number of ether oxygens (including phenoxy) is 1. The first-order valence-electron chi connectivity index (χ1n) is 5.96. The molecule has 3 rings (SSSR count). The predicted molar refractivity (Wildman–Crippen MR) is 92.0 cm³/mol. The van der Waals surface area contributed by atoms with Gasteiger partial charge in [-0.05, 0) is 23.2 Å². The van der Waals surface area contributed by atoms with E-state index in [2.05, 4.69) is 12.6 Å². The first-order valence-corrected chi connectivity index (χ1v) is 8.04. The Kier molecular flexibility index (Phi) is 4.26. The van der Waals surface area contributed by atoms with Crippen molar-refractivity contribution in [3.63, 3.8) is 0 Å². The van der Waals surface area contributed by atoms with E-state index < -0.39 is 10.9 Å². The molecular formula is C14H9Cl2NO2S2. The molecular weight excluding hydrogens is 349 g/mol. The highest BCUT2D eigenvalue weighted by Gasteiger charge is 2.35. The predicted octanol–water partition coefficient (Wildman–Crippen LogP) is 5.35. The van der Waals surface area contributed by atoms with Gasteiger partial charge in [0, 0.05) is 5.39 Å². The van der Waals surface area contributed by atoms with Gasteiger partial charge in [-0.3, -0.25) is 4.90 Å². The molecule has 1 aliphatic heterocycles. The average Bonchev–Trinajstić information content (AvgIpc) is 2.72. The Bertz CT molecular complexity index is 745. The van der Waals surface area contributed by atoms with Crippen molar-refractivity contribution < 1.29 is 9.53 Å². The first kappa shape index (κ1) is 14.9. The summed E-state index contributed by atoms with van der Waals surface area (Å²) in [5.74, 6) is 0. The standard InChI is InChI=1S/C14H9Cl2NO2S2/c15-11-12(16)21-13(19-14(18)20)17(11)10-7-3-5-8-4-1-2-6-9(8)10/h1-7,13H,(H,18,20). The van der Waals surface area contributed by atoms with Gasteiger partial charge in [-0.15, -0.1) is 0 Å². The number of rotatable bonds is 2. The Morgan fingerprint density at radius 2 is 1.90 bits per heavy atom. The zero-order valence-corrected chi connectivity index (χ0v) is 13.7. The smallest absolute Gasteiger partial charge is 0.366 e. The summed E-state index contributed by atoms with van der Waals surface area (Å²) in [6, 6.07) is 13.7. The fraction of sp³-hybridized carbons (Fsp3) is 0.0714. The Balaban J connectivity index is 2.12. The summed E-state index contributed by atoms with van der Waals surface area (Å²) in [4.78, 5) is 12.8. The van der Waals surface area contributed by atoms with Crippen LogP contribution in [0, 0.1) is 0 Å². The quantitative estimate of drug-likeness (QED) is 0.445. The van der Waals surface area contributed by atoms with Crippen LogP contribution in [0.5, 0.6) is 0 Å². The van der Waals surface area contributed by atoms with Crippen molar-refractivity contribution in [1.82, 2.24) is 0 Å². The van der Waals surface area contributed by atoms with Crippen LogP contribution in [0.3, 0.4) is 0 Å². The average molecular weight is 358 g/mol. The fourth-order valence-corrected chi connectivity index (χ4v) is 3.87. The second kappa shape index (κ2) is 6.01. The molecule has 1 atom stereocenters. The molecule has 3 nitrogen and oxygen atoms in total. The Labute approximate surface area is 141 Å². The molecule has 0 saturated heterocycles. The minimum atomic E-state index is -0.687. The fourth-order valence-electron chi connectivity index (χ4n) is 2.18. The lowest BCUT2D eigenvalue weighted by Crippen LogP contribution is -2.30. The van der Waals surface area contributed by atoms with Crippen molar-refractivity contribution in [3.8, 4) is 0 Å². The number of carbonyl (C=O) groups is 1. The molecule has 2 aromatic rings. The van der Waals surface area contributed by atoms with Crippen LogP contribution >= 0.6 is 47.6 Å². The number of thiol groups is 1. The van der Waals surface area contributed by atoms with Gasteiger partial charge in [0.15, 0.2) is 0 Å². The van der Waals surface area contributed by atoms with Crippen molar-refractivity contribution >= 4 is 69.4 Å². The molecule has 21 heavy (non-hydrogen) atoms. The van der Waals surface area contributed by atoms with Gasteiger partial charge in [-0.1, -0.05) is 72.2 Å². The van der Waals surface area contributed by atoms with Gasteiger partial charge in [0.05, 0.1) is 5.69 Å². The van der Waals surface area contributed by atoms with Crippen molar-refractivity contribution in [2.24, 2.45) is 0 Å². The van der Waals surface area contributed by atoms with Gasteiger partial charge in [0.1, 0.15) is 9.52 Å². The van der Waals surface area contributed by atoms with Gasteiger partial charge < -0.3 is 4.74 Å². The number of carbonyl (C=O) groups excluding carboxylic acids is 1. The number of halogens is 2. The molecule has 0 spiro atoms. The summed E-state index contributed by atoms with van der Waals surface area (Å²) in [6.45, 7) is 0. The minimum absolute atomic E-state index is 0.331. The van der Waals surface area contributed by atoms with Gasteiger partial charge in [0.2, 0.25) is 5.56 Å². The maximum Gasteiger partial charge on any atom is 0.366 e. The van der Waals surface area contributed by atoms with E-state index in [0.29, 0.717) is 9.52 Å². The van der Waals surface area contributed by atoms with Crippen LogP contribution in [0.4, 0.5) is 10.5 Å². The van der Waals surface area contributed by atoms with Crippen LogP contribution in [-0.2, 0) is 4.74 Å². The maximum atomic E-state index is 11.2. The molecule has 1 unspecified atom stereocenters. The zero-order chi connectivity index (χ0) is 15.0. The number of hydrogen-bond donors (Lipinski definition) is 1. The topological polar surface area (TPSA) is 29.5 Å². The van der Waals surface area contributed by atoms with Crippen LogP contribution in [0.15, 0.2) is 52.0 Å². The van der Waals surface area contributed by atoms with Gasteiger partial charge in [0.25, 0.3) is 0 Å². The van der Waals surface area contributed by atoms with Crippen molar-refractivity contribution in [2.45, 2.75) is 5.56 Å². The van der Waals surface area contributed by atoms with Gasteiger partial charge in [-0.2, -0.15) is 0 Å². The Morgan fingerprint density at radius 3 is 2.67 bits per heavy atom. The Hall–Kier alpha value is -1.01. The lowest BCUT2D eigenvalue weighted by atomic mass is 10.1. The summed E-state index contributed by atoms with van der Waals surface area (Å²) >= 11 is 17.2.